The van der Waals surface area contributed by atoms with Crippen molar-refractivity contribution in [3.8, 4) is 11.3 Å². The molecule has 0 bridgehead atoms. The van der Waals surface area contributed by atoms with Crippen molar-refractivity contribution in [3.63, 3.8) is 0 Å². The van der Waals surface area contributed by atoms with Gasteiger partial charge in [-0.1, -0.05) is 17.7 Å². The molecule has 3 N–H and O–H groups in total. The Kier molecular flexibility index (Phi) is 3.47. The maximum atomic E-state index is 11.9. The van der Waals surface area contributed by atoms with Crippen LogP contribution in [0.15, 0.2) is 18.2 Å². The Labute approximate surface area is 128 Å². The number of hydrogen-bond acceptors (Lipinski definition) is 3. The third-order valence-electron chi connectivity index (χ3n) is 3.84. The van der Waals surface area contributed by atoms with Crippen molar-refractivity contribution >= 4 is 17.5 Å². The molecule has 2 heterocycles. The predicted molar refractivity (Wildman–Crippen MR) is 82.3 cm³/mol. The number of halogens is 1. The van der Waals surface area contributed by atoms with E-state index in [1.54, 1.807) is 0 Å². The van der Waals surface area contributed by atoms with Gasteiger partial charge >= 0.3 is 0 Å². The average Bonchev–Trinajstić information content (AvgIpc) is 2.83. The molecule has 0 fully saturated rings. The molecule has 0 spiro atoms. The first-order valence-corrected chi connectivity index (χ1v) is 7.25. The Hall–Kier alpha value is -1.85. The van der Waals surface area contributed by atoms with Gasteiger partial charge in [0.25, 0.3) is 5.91 Å². The highest BCUT2D eigenvalue weighted by Crippen LogP contribution is 2.30. The summed E-state index contributed by atoms with van der Waals surface area (Å²) in [5, 5.41) is 8.60. The van der Waals surface area contributed by atoms with E-state index >= 15 is 0 Å². The molecule has 1 aliphatic heterocycles. The molecule has 1 aromatic heterocycles. The summed E-state index contributed by atoms with van der Waals surface area (Å²) < 4.78 is 1.90. The van der Waals surface area contributed by atoms with E-state index in [9.17, 15) is 4.79 Å². The highest BCUT2D eigenvalue weighted by atomic mass is 35.5. The summed E-state index contributed by atoms with van der Waals surface area (Å²) in [7, 11) is 0. The lowest BCUT2D eigenvalue weighted by molar-refractivity contribution is 0.0999. The van der Waals surface area contributed by atoms with Gasteiger partial charge in [0.05, 0.1) is 17.3 Å². The standard InChI is InChI=1S/C15H17ClN4O/c1-8-5-10(3-4-11(8)16)14-13(15(17)21)12-7-18-6-9(2)20(12)19-14/h3-5,9,18H,6-7H2,1-2H3,(H2,17,21). The van der Waals surface area contributed by atoms with Crippen molar-refractivity contribution in [2.45, 2.75) is 26.4 Å². The number of aryl methyl sites for hydroxylation is 1. The predicted octanol–water partition coefficient (Wildman–Crippen LogP) is 2.28. The highest BCUT2D eigenvalue weighted by Gasteiger charge is 2.27. The van der Waals surface area contributed by atoms with Gasteiger partial charge < -0.3 is 11.1 Å². The highest BCUT2D eigenvalue weighted by molar-refractivity contribution is 6.31. The first-order chi connectivity index (χ1) is 9.99. The van der Waals surface area contributed by atoms with Crippen LogP contribution in [0.3, 0.4) is 0 Å². The van der Waals surface area contributed by atoms with Crippen LogP contribution in [0.2, 0.25) is 5.02 Å². The second kappa shape index (κ2) is 5.16. The van der Waals surface area contributed by atoms with E-state index in [0.29, 0.717) is 22.8 Å². The molecule has 1 aromatic carbocycles. The lowest BCUT2D eigenvalue weighted by Crippen LogP contribution is -2.33. The Morgan fingerprint density at radius 1 is 1.52 bits per heavy atom. The van der Waals surface area contributed by atoms with Crippen LogP contribution in [0.25, 0.3) is 11.3 Å². The van der Waals surface area contributed by atoms with Gasteiger partial charge in [-0.15, -0.1) is 0 Å². The average molecular weight is 305 g/mol. The minimum atomic E-state index is -0.449. The fourth-order valence-electron chi connectivity index (χ4n) is 2.74. The van der Waals surface area contributed by atoms with Gasteiger partial charge in [-0.05, 0) is 31.5 Å². The fraction of sp³-hybridized carbons (Fsp3) is 0.333. The van der Waals surface area contributed by atoms with Gasteiger partial charge in [-0.3, -0.25) is 9.48 Å². The smallest absolute Gasteiger partial charge is 0.252 e. The summed E-state index contributed by atoms with van der Waals surface area (Å²) in [6.07, 6.45) is 0. The molecule has 0 radical (unpaired) electrons. The van der Waals surface area contributed by atoms with E-state index < -0.39 is 5.91 Å². The number of hydrogen-bond donors (Lipinski definition) is 2. The molecule has 110 valence electrons. The zero-order valence-corrected chi connectivity index (χ0v) is 12.7. The number of benzene rings is 1. The first kappa shape index (κ1) is 14.1. The fourth-order valence-corrected chi connectivity index (χ4v) is 2.86. The Balaban J connectivity index is 2.22. The topological polar surface area (TPSA) is 72.9 Å². The largest absolute Gasteiger partial charge is 0.365 e. The number of amides is 1. The minimum Gasteiger partial charge on any atom is -0.365 e. The lowest BCUT2D eigenvalue weighted by atomic mass is 10.0. The molecule has 3 rings (SSSR count). The number of nitrogens with two attached hydrogens (primary N) is 1. The van der Waals surface area contributed by atoms with Crippen molar-refractivity contribution in [2.24, 2.45) is 5.73 Å². The summed E-state index contributed by atoms with van der Waals surface area (Å²) in [5.74, 6) is -0.449. The molecule has 5 nitrogen and oxygen atoms in total. The van der Waals surface area contributed by atoms with Gasteiger partial charge in [0.2, 0.25) is 0 Å². The quantitative estimate of drug-likeness (QED) is 0.894. The number of carbonyl (C=O) groups excluding carboxylic acids is 1. The Morgan fingerprint density at radius 2 is 2.29 bits per heavy atom. The van der Waals surface area contributed by atoms with Gasteiger partial charge in [-0.25, -0.2) is 0 Å². The van der Waals surface area contributed by atoms with E-state index in [2.05, 4.69) is 17.3 Å². The number of nitrogens with zero attached hydrogens (tertiary/aromatic N) is 2. The Bertz CT molecular complexity index is 723. The molecule has 2 aromatic rings. The zero-order valence-electron chi connectivity index (χ0n) is 12.0. The van der Waals surface area contributed by atoms with Crippen LogP contribution < -0.4 is 11.1 Å². The maximum Gasteiger partial charge on any atom is 0.252 e. The van der Waals surface area contributed by atoms with Crippen molar-refractivity contribution in [3.05, 3.63) is 40.0 Å². The van der Waals surface area contributed by atoms with Crippen LogP contribution in [0.4, 0.5) is 0 Å². The van der Waals surface area contributed by atoms with Gasteiger partial charge in [0, 0.05) is 23.7 Å². The zero-order chi connectivity index (χ0) is 15.1. The normalized spacial score (nSPS) is 17.6. The minimum absolute atomic E-state index is 0.189. The van der Waals surface area contributed by atoms with Crippen LogP contribution in [0, 0.1) is 6.92 Å². The molecule has 6 heteroatoms. The number of carbonyl (C=O) groups is 1. The van der Waals surface area contributed by atoms with Crippen LogP contribution in [-0.2, 0) is 6.54 Å². The Morgan fingerprint density at radius 3 is 2.95 bits per heavy atom. The molecular weight excluding hydrogens is 288 g/mol. The second-order valence-electron chi connectivity index (χ2n) is 5.42. The number of aromatic nitrogens is 2. The molecule has 1 amide bonds. The van der Waals surface area contributed by atoms with E-state index in [4.69, 9.17) is 17.3 Å². The van der Waals surface area contributed by atoms with Crippen LogP contribution in [0.1, 0.15) is 34.6 Å². The van der Waals surface area contributed by atoms with Crippen molar-refractivity contribution in [2.75, 3.05) is 6.54 Å². The van der Waals surface area contributed by atoms with Gasteiger partial charge in [-0.2, -0.15) is 5.10 Å². The molecular formula is C15H17ClN4O. The second-order valence-corrected chi connectivity index (χ2v) is 5.83. The van der Waals surface area contributed by atoms with Gasteiger partial charge in [0.1, 0.15) is 5.69 Å². The third-order valence-corrected chi connectivity index (χ3v) is 4.26. The summed E-state index contributed by atoms with van der Waals surface area (Å²) in [6.45, 7) is 5.41. The van der Waals surface area contributed by atoms with Crippen molar-refractivity contribution in [1.82, 2.24) is 15.1 Å². The van der Waals surface area contributed by atoms with E-state index in [-0.39, 0.29) is 6.04 Å². The van der Waals surface area contributed by atoms with Crippen molar-refractivity contribution < 1.29 is 4.79 Å². The number of fused-ring (bicyclic) bond motifs is 1. The summed E-state index contributed by atoms with van der Waals surface area (Å²) >= 11 is 6.07. The molecule has 0 saturated carbocycles. The monoisotopic (exact) mass is 304 g/mol. The summed E-state index contributed by atoms with van der Waals surface area (Å²) in [4.78, 5) is 11.9. The number of primary amides is 1. The van der Waals surface area contributed by atoms with E-state index in [0.717, 1.165) is 23.4 Å². The molecule has 0 aliphatic carbocycles. The van der Waals surface area contributed by atoms with Crippen molar-refractivity contribution in [1.29, 1.82) is 0 Å². The summed E-state index contributed by atoms with van der Waals surface area (Å²) in [5.41, 5.74) is 9.37. The van der Waals surface area contributed by atoms with Gasteiger partial charge in [0.15, 0.2) is 0 Å². The third kappa shape index (κ3) is 2.32. The number of nitrogens with one attached hydrogen (secondary N) is 1. The molecule has 21 heavy (non-hydrogen) atoms. The molecule has 1 atom stereocenters. The molecule has 1 unspecified atom stereocenters. The lowest BCUT2D eigenvalue weighted by Gasteiger charge is -2.22. The first-order valence-electron chi connectivity index (χ1n) is 6.87. The van der Waals surface area contributed by atoms with E-state index in [1.807, 2.05) is 29.8 Å². The van der Waals surface area contributed by atoms with Crippen LogP contribution >= 0.6 is 11.6 Å². The van der Waals surface area contributed by atoms with Crippen LogP contribution in [-0.4, -0.2) is 22.2 Å². The summed E-state index contributed by atoms with van der Waals surface area (Å²) in [6, 6.07) is 5.81. The molecule has 0 saturated heterocycles. The SMILES string of the molecule is Cc1cc(-c2nn3c(c2C(N)=O)CNCC3C)ccc1Cl. The maximum absolute atomic E-state index is 11.9. The number of rotatable bonds is 2. The van der Waals surface area contributed by atoms with E-state index in [1.165, 1.54) is 0 Å². The van der Waals surface area contributed by atoms with Crippen LogP contribution in [0.5, 0.6) is 0 Å². The molecule has 1 aliphatic rings.